The Morgan fingerprint density at radius 3 is 2.33 bits per heavy atom. The second kappa shape index (κ2) is 8.52. The van der Waals surface area contributed by atoms with E-state index in [4.69, 9.17) is 14.7 Å². The Kier molecular flexibility index (Phi) is 5.78. The average Bonchev–Trinajstić information content (AvgIpc) is 3.37. The smallest absolute Gasteiger partial charge is 0.419 e. The molecule has 1 fully saturated rings. The van der Waals surface area contributed by atoms with Crippen LogP contribution in [0.2, 0.25) is 0 Å². The summed E-state index contributed by atoms with van der Waals surface area (Å²) in [6.07, 6.45) is -10.8. The van der Waals surface area contributed by atoms with Gasteiger partial charge >= 0.3 is 18.4 Å². The number of anilines is 1. The fourth-order valence-corrected chi connectivity index (χ4v) is 5.31. The van der Waals surface area contributed by atoms with Crippen molar-refractivity contribution in [2.75, 3.05) is 5.32 Å². The molecular weight excluding hydrogens is 550 g/mol. The van der Waals surface area contributed by atoms with Crippen molar-refractivity contribution in [3.05, 3.63) is 64.5 Å². The van der Waals surface area contributed by atoms with Gasteiger partial charge in [0.05, 0.1) is 34.1 Å². The predicted octanol–water partition coefficient (Wildman–Crippen LogP) is 5.67. The molecule has 0 aliphatic carbocycles. The molecular formula is C25H18F6N4O5. The molecule has 9 nitrogen and oxygen atoms in total. The lowest BCUT2D eigenvalue weighted by molar-refractivity contribution is -0.138. The van der Waals surface area contributed by atoms with E-state index in [0.29, 0.717) is 6.07 Å². The number of fused-ring (bicyclic) bond motifs is 5. The minimum absolute atomic E-state index is 0.0135. The van der Waals surface area contributed by atoms with Crippen molar-refractivity contribution in [1.29, 1.82) is 5.26 Å². The van der Waals surface area contributed by atoms with Gasteiger partial charge < -0.3 is 19.7 Å². The van der Waals surface area contributed by atoms with Gasteiger partial charge in [-0.25, -0.2) is 14.3 Å². The number of carbonyl (C=O) groups is 1. The first kappa shape index (κ1) is 27.1. The molecule has 15 heteroatoms. The molecule has 0 unspecified atom stereocenters. The third kappa shape index (κ3) is 4.06. The average molecular weight is 568 g/mol. The monoisotopic (exact) mass is 568 g/mol. The number of pyridine rings is 1. The molecule has 1 saturated heterocycles. The van der Waals surface area contributed by atoms with Crippen LogP contribution in [0.3, 0.4) is 0 Å². The maximum atomic E-state index is 13.5. The SMILES string of the molecule is C[C@]12C[C@@H](OC(=O)Nc3ccc(C(F)(F)F)cc3)[C@](C)(O1)c1c2c(O)n(-c2cnc(C#N)c(C(F)(F)F)c2)c1O. The Bertz CT molecular complexity index is 1580. The van der Waals surface area contributed by atoms with Gasteiger partial charge in [-0.1, -0.05) is 0 Å². The van der Waals surface area contributed by atoms with E-state index in [2.05, 4.69) is 10.3 Å². The number of alkyl halides is 6. The maximum Gasteiger partial charge on any atom is 0.419 e. The van der Waals surface area contributed by atoms with Crippen LogP contribution >= 0.6 is 0 Å². The van der Waals surface area contributed by atoms with Crippen LogP contribution in [0.5, 0.6) is 11.8 Å². The zero-order chi connectivity index (χ0) is 29.4. The summed E-state index contributed by atoms with van der Waals surface area (Å²) < 4.78 is 91.1. The van der Waals surface area contributed by atoms with E-state index >= 15 is 0 Å². The number of ether oxygens (including phenoxy) is 2. The number of benzene rings is 1. The largest absolute Gasteiger partial charge is 0.494 e. The van der Waals surface area contributed by atoms with E-state index in [-0.39, 0.29) is 28.9 Å². The third-order valence-electron chi connectivity index (χ3n) is 7.02. The van der Waals surface area contributed by atoms with Crippen LogP contribution in [0.15, 0.2) is 36.5 Å². The van der Waals surface area contributed by atoms with E-state index in [0.717, 1.165) is 35.0 Å². The first-order valence-corrected chi connectivity index (χ1v) is 11.5. The number of nitrogens with zero attached hydrogens (tertiary/aromatic N) is 3. The van der Waals surface area contributed by atoms with Crippen LogP contribution in [0.4, 0.5) is 36.8 Å². The molecule has 2 aliphatic heterocycles. The molecule has 1 aromatic carbocycles. The van der Waals surface area contributed by atoms with Gasteiger partial charge in [0.15, 0.2) is 5.69 Å². The topological polar surface area (TPSA) is 130 Å². The first-order chi connectivity index (χ1) is 18.5. The second-order valence-corrected chi connectivity index (χ2v) is 9.67. The maximum absolute atomic E-state index is 13.5. The molecule has 40 heavy (non-hydrogen) atoms. The van der Waals surface area contributed by atoms with Crippen LogP contribution in [0.25, 0.3) is 5.69 Å². The van der Waals surface area contributed by atoms with Crippen molar-refractivity contribution >= 4 is 11.8 Å². The number of hydrogen-bond acceptors (Lipinski definition) is 7. The summed E-state index contributed by atoms with van der Waals surface area (Å²) in [7, 11) is 0. The number of nitriles is 1. The first-order valence-electron chi connectivity index (χ1n) is 11.5. The summed E-state index contributed by atoms with van der Waals surface area (Å²) in [5, 5.41) is 33.4. The second-order valence-electron chi connectivity index (χ2n) is 9.67. The Morgan fingerprint density at radius 1 is 1.12 bits per heavy atom. The molecule has 4 heterocycles. The zero-order valence-corrected chi connectivity index (χ0v) is 20.5. The number of halogens is 6. The van der Waals surface area contributed by atoms with Crippen LogP contribution in [0, 0.1) is 11.3 Å². The van der Waals surface area contributed by atoms with Gasteiger partial charge in [0.25, 0.3) is 0 Å². The number of nitrogens with one attached hydrogen (secondary N) is 1. The van der Waals surface area contributed by atoms with Crippen molar-refractivity contribution in [3.8, 4) is 23.5 Å². The van der Waals surface area contributed by atoms with E-state index in [1.807, 2.05) is 0 Å². The summed E-state index contributed by atoms with van der Waals surface area (Å²) >= 11 is 0. The molecule has 0 radical (unpaired) electrons. The lowest BCUT2D eigenvalue weighted by Crippen LogP contribution is -2.38. The number of carbonyl (C=O) groups excluding carboxylic acids is 1. The Hall–Kier alpha value is -4.45. The number of aromatic hydroxyl groups is 2. The lowest BCUT2D eigenvalue weighted by atomic mass is 9.78. The number of aromatic nitrogens is 2. The highest BCUT2D eigenvalue weighted by atomic mass is 19.4. The molecule has 1 amide bonds. The van der Waals surface area contributed by atoms with Gasteiger partial charge in [0.2, 0.25) is 11.8 Å². The number of amides is 1. The Morgan fingerprint density at radius 2 is 1.75 bits per heavy atom. The summed E-state index contributed by atoms with van der Waals surface area (Å²) in [6, 6.07) is 5.52. The molecule has 3 atom stereocenters. The van der Waals surface area contributed by atoms with Gasteiger partial charge in [-0.3, -0.25) is 5.32 Å². The standard InChI is InChI=1S/C25H18F6N4O5/c1-22-8-16(39-21(38)34-12-5-3-11(4-6-12)24(26,27)28)23(2,40-22)18-17(22)19(36)35(20(18)37)13-7-14(25(29,30)31)15(9-32)33-10-13/h3-7,10,16,36-37H,8H2,1-2H3,(H,34,38)/t16-,22-,23+/m1/s1. The van der Waals surface area contributed by atoms with Crippen molar-refractivity contribution in [2.24, 2.45) is 0 Å². The van der Waals surface area contributed by atoms with Crippen molar-refractivity contribution < 1.29 is 50.8 Å². The molecule has 3 aromatic rings. The molecule has 2 bridgehead atoms. The highest BCUT2D eigenvalue weighted by Crippen LogP contribution is 2.65. The quantitative estimate of drug-likeness (QED) is 0.347. The van der Waals surface area contributed by atoms with Crippen LogP contribution in [-0.4, -0.2) is 32.0 Å². The van der Waals surface area contributed by atoms with Gasteiger partial charge in [-0.2, -0.15) is 31.6 Å². The van der Waals surface area contributed by atoms with Crippen molar-refractivity contribution in [3.63, 3.8) is 0 Å². The normalized spacial score (nSPS) is 23.5. The number of hydrogen-bond donors (Lipinski definition) is 3. The Balaban J connectivity index is 1.46. The zero-order valence-electron chi connectivity index (χ0n) is 20.5. The van der Waals surface area contributed by atoms with Gasteiger partial charge in [0.1, 0.15) is 23.4 Å². The molecule has 0 spiro atoms. The number of rotatable bonds is 3. The van der Waals surface area contributed by atoms with Crippen LogP contribution in [0.1, 0.15) is 48.2 Å². The van der Waals surface area contributed by atoms with Gasteiger partial charge in [-0.05, 0) is 44.2 Å². The summed E-state index contributed by atoms with van der Waals surface area (Å²) in [5.74, 6) is -1.33. The summed E-state index contributed by atoms with van der Waals surface area (Å²) in [6.45, 7) is 2.97. The van der Waals surface area contributed by atoms with E-state index in [9.17, 15) is 41.4 Å². The molecule has 2 aromatic heterocycles. The Labute approximate surface area is 221 Å². The highest BCUT2D eigenvalue weighted by molar-refractivity contribution is 5.85. The fraction of sp³-hybridized carbons (Fsp3) is 0.320. The molecule has 2 aliphatic rings. The van der Waals surface area contributed by atoms with E-state index < -0.39 is 64.3 Å². The predicted molar refractivity (Wildman–Crippen MR) is 122 cm³/mol. The highest BCUT2D eigenvalue weighted by Gasteiger charge is 2.66. The lowest BCUT2D eigenvalue weighted by Gasteiger charge is -2.29. The minimum Gasteiger partial charge on any atom is -0.494 e. The molecule has 210 valence electrons. The molecule has 5 rings (SSSR count). The summed E-state index contributed by atoms with van der Waals surface area (Å²) in [4.78, 5) is 16.1. The van der Waals surface area contributed by atoms with Crippen LogP contribution in [-0.2, 0) is 33.0 Å². The van der Waals surface area contributed by atoms with Crippen molar-refractivity contribution in [1.82, 2.24) is 9.55 Å². The van der Waals surface area contributed by atoms with E-state index in [1.165, 1.54) is 19.9 Å². The molecule has 3 N–H and O–H groups in total. The summed E-state index contributed by atoms with van der Waals surface area (Å²) in [5.41, 5.74) is -6.45. The third-order valence-corrected chi connectivity index (χ3v) is 7.02. The van der Waals surface area contributed by atoms with Gasteiger partial charge in [-0.15, -0.1) is 0 Å². The van der Waals surface area contributed by atoms with Crippen molar-refractivity contribution in [2.45, 2.75) is 49.9 Å². The fourth-order valence-electron chi connectivity index (χ4n) is 5.31. The van der Waals surface area contributed by atoms with Gasteiger partial charge in [0, 0.05) is 12.1 Å². The van der Waals surface area contributed by atoms with E-state index in [1.54, 1.807) is 0 Å². The molecule has 0 saturated carbocycles. The minimum atomic E-state index is -4.95. The van der Waals surface area contributed by atoms with Crippen LogP contribution < -0.4 is 5.32 Å².